The average Bonchev–Trinajstić information content (AvgIpc) is 2.88. The number of methoxy groups -OCH3 is 1. The molecule has 2 aromatic heterocycles. The molecule has 1 aromatic carbocycles. The summed E-state index contributed by atoms with van der Waals surface area (Å²) in [7, 11) is 3.04. The number of ether oxygens (including phenoxy) is 1. The first-order valence-electron chi connectivity index (χ1n) is 6.20. The Balaban J connectivity index is 2.18. The molecule has 0 amide bonds. The SMILES string of the molecule is COC(=O)c1cccc(-n2ncc3cn(C)nc3c2=O)c1. The molecule has 0 atom stereocenters. The molecule has 3 aromatic rings. The van der Waals surface area contributed by atoms with Gasteiger partial charge in [0.05, 0.1) is 24.6 Å². The fraction of sp³-hybridized carbons (Fsp3) is 0.143. The van der Waals surface area contributed by atoms with Crippen molar-refractivity contribution in [3.63, 3.8) is 0 Å². The van der Waals surface area contributed by atoms with Gasteiger partial charge < -0.3 is 4.74 Å². The number of nitrogens with zero attached hydrogens (tertiary/aromatic N) is 4. The smallest absolute Gasteiger partial charge is 0.337 e. The first-order chi connectivity index (χ1) is 10.1. The van der Waals surface area contributed by atoms with E-state index in [1.54, 1.807) is 48.4 Å². The molecular formula is C14H12N4O3. The Kier molecular flexibility index (Phi) is 3.02. The lowest BCUT2D eigenvalue weighted by Gasteiger charge is -2.05. The summed E-state index contributed by atoms with van der Waals surface area (Å²) in [5.74, 6) is -0.469. The highest BCUT2D eigenvalue weighted by Gasteiger charge is 2.11. The van der Waals surface area contributed by atoms with E-state index in [0.29, 0.717) is 22.2 Å². The molecule has 0 saturated carbocycles. The van der Waals surface area contributed by atoms with Crippen molar-refractivity contribution in [3.8, 4) is 5.69 Å². The maximum absolute atomic E-state index is 12.4. The molecule has 21 heavy (non-hydrogen) atoms. The number of aryl methyl sites for hydroxylation is 1. The molecule has 106 valence electrons. The maximum atomic E-state index is 12.4. The summed E-state index contributed by atoms with van der Waals surface area (Å²) in [6.07, 6.45) is 3.29. The monoisotopic (exact) mass is 284 g/mol. The van der Waals surface area contributed by atoms with Crippen LogP contribution < -0.4 is 5.56 Å². The Bertz CT molecular complexity index is 895. The first kappa shape index (κ1) is 13.0. The summed E-state index contributed by atoms with van der Waals surface area (Å²) >= 11 is 0. The summed E-state index contributed by atoms with van der Waals surface area (Å²) in [6, 6.07) is 6.52. The molecule has 7 heteroatoms. The molecule has 0 fully saturated rings. The van der Waals surface area contributed by atoms with Crippen LogP contribution in [0, 0.1) is 0 Å². The number of carbonyl (C=O) groups is 1. The molecule has 3 rings (SSSR count). The summed E-state index contributed by atoms with van der Waals surface area (Å²) in [5, 5.41) is 8.91. The van der Waals surface area contributed by atoms with E-state index >= 15 is 0 Å². The minimum absolute atomic E-state index is 0.330. The van der Waals surface area contributed by atoms with Crippen LogP contribution in [0.3, 0.4) is 0 Å². The van der Waals surface area contributed by atoms with E-state index in [9.17, 15) is 9.59 Å². The van der Waals surface area contributed by atoms with Crippen molar-refractivity contribution in [2.45, 2.75) is 0 Å². The fourth-order valence-electron chi connectivity index (χ4n) is 2.11. The summed E-state index contributed by atoms with van der Waals surface area (Å²) in [4.78, 5) is 24.0. The Hall–Kier alpha value is -2.96. The Labute approximate surface area is 119 Å². The minimum atomic E-state index is -0.469. The van der Waals surface area contributed by atoms with Gasteiger partial charge in [0.1, 0.15) is 0 Å². The Morgan fingerprint density at radius 2 is 2.14 bits per heavy atom. The lowest BCUT2D eigenvalue weighted by Crippen LogP contribution is -2.21. The number of fused-ring (bicyclic) bond motifs is 1. The zero-order valence-electron chi connectivity index (χ0n) is 11.5. The van der Waals surface area contributed by atoms with Crippen LogP contribution >= 0.6 is 0 Å². The van der Waals surface area contributed by atoms with Crippen molar-refractivity contribution in [2.24, 2.45) is 7.05 Å². The third kappa shape index (κ3) is 2.18. The van der Waals surface area contributed by atoms with Gasteiger partial charge in [0.2, 0.25) is 0 Å². The van der Waals surface area contributed by atoms with Crippen LogP contribution in [0.25, 0.3) is 16.6 Å². The number of aromatic nitrogens is 4. The second-order valence-corrected chi connectivity index (χ2v) is 4.51. The van der Waals surface area contributed by atoms with Gasteiger partial charge in [-0.2, -0.15) is 14.9 Å². The van der Waals surface area contributed by atoms with Gasteiger partial charge in [-0.05, 0) is 18.2 Å². The Morgan fingerprint density at radius 3 is 2.90 bits per heavy atom. The van der Waals surface area contributed by atoms with Gasteiger partial charge >= 0.3 is 5.97 Å². The predicted molar refractivity (Wildman–Crippen MR) is 75.4 cm³/mol. The molecule has 0 spiro atoms. The lowest BCUT2D eigenvalue weighted by atomic mass is 10.2. The highest BCUT2D eigenvalue weighted by molar-refractivity contribution is 5.90. The topological polar surface area (TPSA) is 79.0 Å². The first-order valence-corrected chi connectivity index (χ1v) is 6.20. The molecule has 0 radical (unpaired) electrons. The van der Waals surface area contributed by atoms with Crippen molar-refractivity contribution in [2.75, 3.05) is 7.11 Å². The summed E-state index contributed by atoms with van der Waals surface area (Å²) in [6.45, 7) is 0. The number of esters is 1. The maximum Gasteiger partial charge on any atom is 0.337 e. The molecule has 0 aliphatic rings. The van der Waals surface area contributed by atoms with Gasteiger partial charge in [0, 0.05) is 18.6 Å². The van der Waals surface area contributed by atoms with Crippen LogP contribution in [-0.4, -0.2) is 32.6 Å². The van der Waals surface area contributed by atoms with Gasteiger partial charge in [-0.25, -0.2) is 4.79 Å². The molecule has 0 unspecified atom stereocenters. The molecule has 0 aliphatic heterocycles. The van der Waals surface area contributed by atoms with Crippen molar-refractivity contribution in [3.05, 3.63) is 52.6 Å². The van der Waals surface area contributed by atoms with Crippen LogP contribution in [0.15, 0.2) is 41.5 Å². The lowest BCUT2D eigenvalue weighted by molar-refractivity contribution is 0.0600. The largest absolute Gasteiger partial charge is 0.465 e. The van der Waals surface area contributed by atoms with Crippen molar-refractivity contribution >= 4 is 16.9 Å². The highest BCUT2D eigenvalue weighted by atomic mass is 16.5. The highest BCUT2D eigenvalue weighted by Crippen LogP contribution is 2.11. The van der Waals surface area contributed by atoms with Crippen LogP contribution in [-0.2, 0) is 11.8 Å². The van der Waals surface area contributed by atoms with Gasteiger partial charge in [0.15, 0.2) is 5.52 Å². The van der Waals surface area contributed by atoms with E-state index in [4.69, 9.17) is 0 Å². The van der Waals surface area contributed by atoms with E-state index < -0.39 is 5.97 Å². The minimum Gasteiger partial charge on any atom is -0.465 e. The van der Waals surface area contributed by atoms with Crippen LogP contribution in [0.1, 0.15) is 10.4 Å². The zero-order valence-corrected chi connectivity index (χ0v) is 11.5. The normalized spacial score (nSPS) is 10.8. The fourth-order valence-corrected chi connectivity index (χ4v) is 2.11. The molecular weight excluding hydrogens is 272 g/mol. The second kappa shape index (κ2) is 4.86. The quantitative estimate of drug-likeness (QED) is 0.653. The molecule has 0 bridgehead atoms. The van der Waals surface area contributed by atoms with E-state index in [-0.39, 0.29) is 5.56 Å². The summed E-state index contributed by atoms with van der Waals surface area (Å²) < 4.78 is 7.44. The van der Waals surface area contributed by atoms with Crippen LogP contribution in [0.4, 0.5) is 0 Å². The number of carbonyl (C=O) groups excluding carboxylic acids is 1. The molecule has 0 saturated heterocycles. The van der Waals surface area contributed by atoms with Crippen molar-refractivity contribution in [1.82, 2.24) is 19.6 Å². The predicted octanol–water partition coefficient (Wildman–Crippen LogP) is 0.906. The average molecular weight is 284 g/mol. The summed E-state index contributed by atoms with van der Waals surface area (Å²) in [5.41, 5.74) is 0.825. The van der Waals surface area contributed by atoms with E-state index in [2.05, 4.69) is 14.9 Å². The van der Waals surface area contributed by atoms with Crippen LogP contribution in [0.5, 0.6) is 0 Å². The van der Waals surface area contributed by atoms with Crippen molar-refractivity contribution in [1.29, 1.82) is 0 Å². The molecule has 7 nitrogen and oxygen atoms in total. The number of hydrogen-bond donors (Lipinski definition) is 0. The van der Waals surface area contributed by atoms with Crippen LogP contribution in [0.2, 0.25) is 0 Å². The third-order valence-electron chi connectivity index (χ3n) is 3.08. The van der Waals surface area contributed by atoms with E-state index in [0.717, 1.165) is 0 Å². The Morgan fingerprint density at radius 1 is 1.33 bits per heavy atom. The molecule has 0 N–H and O–H groups in total. The number of rotatable bonds is 2. The molecule has 2 heterocycles. The molecule has 0 aliphatic carbocycles. The van der Waals surface area contributed by atoms with Gasteiger partial charge in [-0.3, -0.25) is 9.48 Å². The van der Waals surface area contributed by atoms with Gasteiger partial charge in [-0.15, -0.1) is 0 Å². The zero-order chi connectivity index (χ0) is 15.0. The van der Waals surface area contributed by atoms with Gasteiger partial charge in [0.25, 0.3) is 5.56 Å². The number of hydrogen-bond acceptors (Lipinski definition) is 5. The van der Waals surface area contributed by atoms with E-state index in [1.165, 1.54) is 11.8 Å². The van der Waals surface area contributed by atoms with Gasteiger partial charge in [-0.1, -0.05) is 6.07 Å². The van der Waals surface area contributed by atoms with Crippen molar-refractivity contribution < 1.29 is 9.53 Å². The second-order valence-electron chi connectivity index (χ2n) is 4.51. The standard InChI is InChI=1S/C14H12N4O3/c1-17-8-10-7-15-18(13(19)12(10)16-17)11-5-3-4-9(6-11)14(20)21-2/h3-8H,1-2H3. The van der Waals surface area contributed by atoms with E-state index in [1.807, 2.05) is 0 Å². The third-order valence-corrected chi connectivity index (χ3v) is 3.08. The number of benzene rings is 1.